The van der Waals surface area contributed by atoms with Crippen molar-refractivity contribution >= 4 is 38.9 Å². The molecule has 58 heavy (non-hydrogen) atoms. The van der Waals surface area contributed by atoms with E-state index in [1.54, 1.807) is 12.4 Å². The van der Waals surface area contributed by atoms with Crippen LogP contribution in [0.25, 0.3) is 72.8 Å². The summed E-state index contributed by atoms with van der Waals surface area (Å²) in [6.07, 6.45) is 7.22. The number of ether oxygens (including phenoxy) is 2. The molecule has 0 radical (unpaired) electrons. The fourth-order valence-corrected chi connectivity index (χ4v) is 8.17. The molecule has 6 heterocycles. The molecule has 2 aliphatic rings. The monoisotopic (exact) mass is 747 g/mol. The first-order chi connectivity index (χ1) is 28.7. The van der Waals surface area contributed by atoms with Crippen LogP contribution in [0, 0.1) is 0 Å². The third-order valence-electron chi connectivity index (χ3n) is 10.8. The molecular formula is C49H29N7O2. The molecule has 0 unspecified atom stereocenters. The summed E-state index contributed by atoms with van der Waals surface area (Å²) in [7, 11) is 0. The Kier molecular flexibility index (Phi) is 7.02. The lowest BCUT2D eigenvalue weighted by Gasteiger charge is -2.38. The summed E-state index contributed by atoms with van der Waals surface area (Å²) in [5.74, 6) is 4.41. The van der Waals surface area contributed by atoms with E-state index < -0.39 is 0 Å². The molecule has 272 valence electrons. The van der Waals surface area contributed by atoms with Gasteiger partial charge in [-0.3, -0.25) is 19.4 Å². The van der Waals surface area contributed by atoms with E-state index in [-0.39, 0.29) is 0 Å². The van der Waals surface area contributed by atoms with Crippen molar-refractivity contribution in [3.05, 3.63) is 176 Å². The highest BCUT2D eigenvalue weighted by Crippen LogP contribution is 2.63. The van der Waals surface area contributed by atoms with Gasteiger partial charge in [-0.2, -0.15) is 9.97 Å². The van der Waals surface area contributed by atoms with Gasteiger partial charge in [-0.25, -0.2) is 4.98 Å². The fraction of sp³-hybridized carbons (Fsp3) is 0. The van der Waals surface area contributed by atoms with Gasteiger partial charge in [0.1, 0.15) is 5.69 Å². The zero-order valence-corrected chi connectivity index (χ0v) is 30.7. The molecule has 4 aromatic heterocycles. The number of aromatic nitrogens is 6. The van der Waals surface area contributed by atoms with Gasteiger partial charge in [-0.05, 0) is 76.9 Å². The van der Waals surface area contributed by atoms with E-state index in [9.17, 15) is 0 Å². The molecule has 0 saturated carbocycles. The zero-order valence-electron chi connectivity index (χ0n) is 30.7. The van der Waals surface area contributed by atoms with Crippen molar-refractivity contribution in [2.45, 2.75) is 0 Å². The summed E-state index contributed by atoms with van der Waals surface area (Å²) in [6.45, 7) is 0. The molecule has 9 nitrogen and oxygen atoms in total. The van der Waals surface area contributed by atoms with E-state index in [4.69, 9.17) is 24.4 Å². The summed E-state index contributed by atoms with van der Waals surface area (Å²) >= 11 is 0. The summed E-state index contributed by atoms with van der Waals surface area (Å²) in [5, 5.41) is 1.91. The van der Waals surface area contributed by atoms with Gasteiger partial charge in [-0.1, -0.05) is 91.0 Å². The van der Waals surface area contributed by atoms with Crippen LogP contribution in [0.4, 0.5) is 17.1 Å². The summed E-state index contributed by atoms with van der Waals surface area (Å²) < 4.78 is 16.2. The Morgan fingerprint density at radius 3 is 1.57 bits per heavy atom. The summed E-state index contributed by atoms with van der Waals surface area (Å²) in [5.41, 5.74) is 10.3. The molecule has 0 atom stereocenters. The quantitative estimate of drug-likeness (QED) is 0.172. The molecule has 2 aliphatic heterocycles. The van der Waals surface area contributed by atoms with Crippen LogP contribution in [-0.4, -0.2) is 29.5 Å². The van der Waals surface area contributed by atoms with Crippen molar-refractivity contribution in [3.8, 4) is 74.0 Å². The van der Waals surface area contributed by atoms with Crippen molar-refractivity contribution < 1.29 is 9.47 Å². The maximum absolute atomic E-state index is 7.14. The third-order valence-corrected chi connectivity index (χ3v) is 10.8. The molecule has 0 N–H and O–H groups in total. The molecule has 9 heteroatoms. The Bertz CT molecular complexity index is 3160. The van der Waals surface area contributed by atoms with Crippen molar-refractivity contribution in [3.63, 3.8) is 0 Å². The lowest BCUT2D eigenvalue weighted by molar-refractivity contribution is 0.450. The normalized spacial score (nSPS) is 12.4. The minimum absolute atomic E-state index is 0.482. The first-order valence-corrected chi connectivity index (χ1v) is 19.0. The Hall–Kier alpha value is -8.17. The van der Waals surface area contributed by atoms with E-state index in [2.05, 4.69) is 80.1 Å². The van der Waals surface area contributed by atoms with Gasteiger partial charge in [0.25, 0.3) is 0 Å². The number of para-hydroxylation sites is 1. The second-order valence-corrected chi connectivity index (χ2v) is 14.2. The van der Waals surface area contributed by atoms with E-state index in [0.29, 0.717) is 29.1 Å². The SMILES string of the molecule is c1ccc(-c2nc(-c3ccccc3)nc(-n3c4ccccc4c4c5c6c(cc43)Oc3cc(-c4ccncc4)ccc3N6c3ccc(-c4ccncc4)cc3O5)n2)cc1. The number of rotatable bonds is 5. The Balaban J connectivity index is 1.14. The minimum Gasteiger partial charge on any atom is -0.453 e. The van der Waals surface area contributed by atoms with Crippen molar-refractivity contribution in [1.82, 2.24) is 29.5 Å². The average molecular weight is 748 g/mol. The summed E-state index contributed by atoms with van der Waals surface area (Å²) in [4.78, 5) is 26.1. The standard InChI is InChI=1S/C49H29N7O2/c1-3-9-32(10-4-1)47-52-48(33-11-5-2-6-12-33)54-49(53-47)56-37-14-8-7-13-36(37)44-40(56)29-43-45-46(44)58-42-28-35(31-21-25-51-26-22-31)16-18-39(42)55(45)38-17-15-34(27-41(38)57-43)30-19-23-50-24-20-30/h1-29H. The van der Waals surface area contributed by atoms with Crippen LogP contribution in [0.2, 0.25) is 0 Å². The first kappa shape index (κ1) is 32.1. The van der Waals surface area contributed by atoms with Crippen molar-refractivity contribution in [2.24, 2.45) is 0 Å². The molecule has 0 bridgehead atoms. The molecule has 0 fully saturated rings. The molecule has 0 spiro atoms. The summed E-state index contributed by atoms with van der Waals surface area (Å²) in [6, 6.07) is 51.2. The lowest BCUT2D eigenvalue weighted by atomic mass is 10.00. The topological polar surface area (TPSA) is 91.1 Å². The molecule has 6 aromatic carbocycles. The number of nitrogens with zero attached hydrogens (tertiary/aromatic N) is 7. The van der Waals surface area contributed by atoms with Gasteiger partial charge in [0, 0.05) is 47.4 Å². The number of hydrogen-bond acceptors (Lipinski definition) is 8. The van der Waals surface area contributed by atoms with Gasteiger partial charge in [-0.15, -0.1) is 0 Å². The first-order valence-electron chi connectivity index (χ1n) is 19.0. The Morgan fingerprint density at radius 1 is 0.414 bits per heavy atom. The maximum Gasteiger partial charge on any atom is 0.238 e. The van der Waals surface area contributed by atoms with Crippen LogP contribution in [0.5, 0.6) is 23.0 Å². The second kappa shape index (κ2) is 12.7. The fourth-order valence-electron chi connectivity index (χ4n) is 8.17. The molecule has 0 saturated heterocycles. The van der Waals surface area contributed by atoms with E-state index in [1.165, 1.54) is 0 Å². The highest BCUT2D eigenvalue weighted by atomic mass is 16.5. The van der Waals surface area contributed by atoms with E-state index in [1.807, 2.05) is 103 Å². The van der Waals surface area contributed by atoms with Crippen LogP contribution in [0.1, 0.15) is 0 Å². The van der Waals surface area contributed by atoms with Gasteiger partial charge in [0.2, 0.25) is 5.95 Å². The van der Waals surface area contributed by atoms with E-state index in [0.717, 1.165) is 83.7 Å². The number of fused-ring (bicyclic) bond motifs is 8. The van der Waals surface area contributed by atoms with Crippen LogP contribution in [0.3, 0.4) is 0 Å². The second-order valence-electron chi connectivity index (χ2n) is 14.2. The third kappa shape index (κ3) is 5.00. The number of hydrogen-bond donors (Lipinski definition) is 0. The Labute approximate surface area is 332 Å². The molecule has 0 aliphatic carbocycles. The molecular weight excluding hydrogens is 719 g/mol. The van der Waals surface area contributed by atoms with Crippen LogP contribution in [-0.2, 0) is 0 Å². The van der Waals surface area contributed by atoms with Crippen LogP contribution < -0.4 is 14.4 Å². The molecule has 12 rings (SSSR count). The number of anilines is 3. The highest BCUT2D eigenvalue weighted by molar-refractivity contribution is 6.17. The van der Waals surface area contributed by atoms with Gasteiger partial charge in [0.15, 0.2) is 34.6 Å². The minimum atomic E-state index is 0.482. The smallest absolute Gasteiger partial charge is 0.238 e. The molecule has 10 aromatic rings. The maximum atomic E-state index is 7.14. The van der Waals surface area contributed by atoms with Gasteiger partial charge in [0.05, 0.1) is 27.8 Å². The largest absolute Gasteiger partial charge is 0.453 e. The number of pyridine rings is 2. The Morgan fingerprint density at radius 2 is 0.966 bits per heavy atom. The van der Waals surface area contributed by atoms with Crippen LogP contribution in [0.15, 0.2) is 176 Å². The predicted molar refractivity (Wildman–Crippen MR) is 226 cm³/mol. The lowest BCUT2D eigenvalue weighted by Crippen LogP contribution is -2.20. The van der Waals surface area contributed by atoms with Crippen LogP contribution >= 0.6 is 0 Å². The molecule has 0 amide bonds. The van der Waals surface area contributed by atoms with E-state index >= 15 is 0 Å². The predicted octanol–water partition coefficient (Wildman–Crippen LogP) is 12.1. The average Bonchev–Trinajstić information content (AvgIpc) is 3.63. The van der Waals surface area contributed by atoms with Crippen molar-refractivity contribution in [1.29, 1.82) is 0 Å². The van der Waals surface area contributed by atoms with Gasteiger partial charge < -0.3 is 9.47 Å². The van der Waals surface area contributed by atoms with Gasteiger partial charge >= 0.3 is 0 Å². The van der Waals surface area contributed by atoms with Crippen molar-refractivity contribution in [2.75, 3.05) is 4.90 Å². The zero-order chi connectivity index (χ0) is 38.2. The number of benzene rings is 6. The highest BCUT2D eigenvalue weighted by Gasteiger charge is 2.38.